The molecule has 1 atom stereocenters. The molecule has 0 heterocycles. The normalized spacial score (nSPS) is 12.9. The third kappa shape index (κ3) is 3.46. The van der Waals surface area contributed by atoms with Gasteiger partial charge in [0.2, 0.25) is 0 Å². The van der Waals surface area contributed by atoms with Crippen LogP contribution in [0.4, 0.5) is 10.1 Å². The topological polar surface area (TPSA) is 38.0 Å². The van der Waals surface area contributed by atoms with Crippen molar-refractivity contribution in [3.8, 4) is 0 Å². The summed E-state index contributed by atoms with van der Waals surface area (Å²) < 4.78 is 14.2. The summed E-state index contributed by atoms with van der Waals surface area (Å²) in [4.78, 5) is 0. The van der Waals surface area contributed by atoms with E-state index >= 15 is 0 Å². The van der Waals surface area contributed by atoms with Gasteiger partial charge in [0.25, 0.3) is 0 Å². The van der Waals surface area contributed by atoms with E-state index in [1.54, 1.807) is 6.07 Å². The van der Waals surface area contributed by atoms with Crippen LogP contribution >= 0.6 is 15.9 Å². The van der Waals surface area contributed by atoms with Crippen LogP contribution in [0.5, 0.6) is 0 Å². The third-order valence-corrected chi connectivity index (χ3v) is 3.41. The van der Waals surface area contributed by atoms with Crippen molar-refractivity contribution in [3.63, 3.8) is 0 Å². The molecule has 2 nitrogen and oxygen atoms in total. The molecule has 1 unspecified atom stereocenters. The highest BCUT2D eigenvalue weighted by atomic mass is 79.9. The Labute approximate surface area is 105 Å². The standard InChI is InChI=1S/C12H18BrFN2/c1-8(2)9(6-15)7-16-12-10(13)4-3-5-11(12)14/h3-5,8-9,16H,6-7,15H2,1-2H3. The Morgan fingerprint density at radius 1 is 1.44 bits per heavy atom. The molecule has 3 N–H and O–H groups in total. The Morgan fingerprint density at radius 2 is 2.12 bits per heavy atom. The largest absolute Gasteiger partial charge is 0.381 e. The number of nitrogens with one attached hydrogen (secondary N) is 1. The summed E-state index contributed by atoms with van der Waals surface area (Å²) in [5.74, 6) is 0.600. The second-order valence-electron chi connectivity index (χ2n) is 4.22. The van der Waals surface area contributed by atoms with Gasteiger partial charge in [-0.2, -0.15) is 0 Å². The van der Waals surface area contributed by atoms with Crippen molar-refractivity contribution in [1.29, 1.82) is 0 Å². The molecule has 1 aromatic carbocycles. The minimum Gasteiger partial charge on any atom is -0.381 e. The van der Waals surface area contributed by atoms with E-state index in [9.17, 15) is 4.39 Å². The molecular weight excluding hydrogens is 271 g/mol. The minimum atomic E-state index is -0.242. The summed E-state index contributed by atoms with van der Waals surface area (Å²) in [6.45, 7) is 5.54. The first-order valence-electron chi connectivity index (χ1n) is 5.44. The molecule has 0 amide bonds. The lowest BCUT2D eigenvalue weighted by Crippen LogP contribution is -2.27. The van der Waals surface area contributed by atoms with Crippen molar-refractivity contribution >= 4 is 21.6 Å². The second kappa shape index (κ2) is 6.21. The van der Waals surface area contributed by atoms with Crippen molar-refractivity contribution in [1.82, 2.24) is 0 Å². The zero-order valence-electron chi connectivity index (χ0n) is 9.63. The lowest BCUT2D eigenvalue weighted by molar-refractivity contribution is 0.412. The van der Waals surface area contributed by atoms with Gasteiger partial charge in [0.05, 0.1) is 5.69 Å². The van der Waals surface area contributed by atoms with E-state index in [4.69, 9.17) is 5.73 Å². The van der Waals surface area contributed by atoms with Crippen LogP contribution in [0.1, 0.15) is 13.8 Å². The molecular formula is C12H18BrFN2. The van der Waals surface area contributed by atoms with Gasteiger partial charge in [0, 0.05) is 11.0 Å². The van der Waals surface area contributed by atoms with Crippen molar-refractivity contribution in [2.24, 2.45) is 17.6 Å². The van der Waals surface area contributed by atoms with Crippen molar-refractivity contribution in [3.05, 3.63) is 28.5 Å². The monoisotopic (exact) mass is 288 g/mol. The summed E-state index contributed by atoms with van der Waals surface area (Å²) in [6.07, 6.45) is 0. The molecule has 0 aliphatic heterocycles. The zero-order chi connectivity index (χ0) is 12.1. The van der Waals surface area contributed by atoms with E-state index in [0.29, 0.717) is 30.6 Å². The molecule has 0 aliphatic rings. The van der Waals surface area contributed by atoms with Crippen LogP contribution in [-0.2, 0) is 0 Å². The first-order valence-corrected chi connectivity index (χ1v) is 6.23. The number of hydrogen-bond acceptors (Lipinski definition) is 2. The summed E-state index contributed by atoms with van der Waals surface area (Å²) in [5, 5.41) is 3.11. The third-order valence-electron chi connectivity index (χ3n) is 2.75. The van der Waals surface area contributed by atoms with Gasteiger partial charge in [-0.05, 0) is 46.4 Å². The van der Waals surface area contributed by atoms with E-state index < -0.39 is 0 Å². The predicted octanol–water partition coefficient (Wildman–Crippen LogP) is 3.23. The van der Waals surface area contributed by atoms with Crippen LogP contribution in [-0.4, -0.2) is 13.1 Å². The van der Waals surface area contributed by atoms with Gasteiger partial charge in [-0.1, -0.05) is 19.9 Å². The molecule has 90 valence electrons. The number of hydrogen-bond donors (Lipinski definition) is 2. The fraction of sp³-hybridized carbons (Fsp3) is 0.500. The van der Waals surface area contributed by atoms with Crippen LogP contribution < -0.4 is 11.1 Å². The molecule has 1 aromatic rings. The molecule has 1 rings (SSSR count). The number of anilines is 1. The lowest BCUT2D eigenvalue weighted by atomic mass is 9.96. The Kier molecular flexibility index (Phi) is 5.22. The molecule has 0 fully saturated rings. The number of benzene rings is 1. The van der Waals surface area contributed by atoms with Gasteiger partial charge in [0.15, 0.2) is 0 Å². The Morgan fingerprint density at radius 3 is 2.62 bits per heavy atom. The Hall–Kier alpha value is -0.610. The number of rotatable bonds is 5. The Balaban J connectivity index is 2.67. The smallest absolute Gasteiger partial charge is 0.147 e. The van der Waals surface area contributed by atoms with Crippen molar-refractivity contribution < 1.29 is 4.39 Å². The maximum atomic E-state index is 13.5. The molecule has 0 saturated carbocycles. The zero-order valence-corrected chi connectivity index (χ0v) is 11.2. The molecule has 0 saturated heterocycles. The highest BCUT2D eigenvalue weighted by molar-refractivity contribution is 9.10. The molecule has 16 heavy (non-hydrogen) atoms. The summed E-state index contributed by atoms with van der Waals surface area (Å²) in [6, 6.07) is 4.94. The first kappa shape index (κ1) is 13.5. The van der Waals surface area contributed by atoms with Gasteiger partial charge < -0.3 is 11.1 Å². The highest BCUT2D eigenvalue weighted by Crippen LogP contribution is 2.25. The van der Waals surface area contributed by atoms with Crippen LogP contribution in [0.3, 0.4) is 0 Å². The molecule has 0 bridgehead atoms. The fourth-order valence-electron chi connectivity index (χ4n) is 1.49. The van der Waals surface area contributed by atoms with Gasteiger partial charge in [0.1, 0.15) is 5.82 Å². The van der Waals surface area contributed by atoms with Crippen LogP contribution in [0, 0.1) is 17.7 Å². The maximum Gasteiger partial charge on any atom is 0.147 e. The van der Waals surface area contributed by atoms with Gasteiger partial charge in [-0.15, -0.1) is 0 Å². The second-order valence-corrected chi connectivity index (χ2v) is 5.07. The van der Waals surface area contributed by atoms with E-state index in [1.165, 1.54) is 6.07 Å². The van der Waals surface area contributed by atoms with Gasteiger partial charge in [-0.25, -0.2) is 4.39 Å². The summed E-state index contributed by atoms with van der Waals surface area (Å²) >= 11 is 3.32. The van der Waals surface area contributed by atoms with E-state index in [2.05, 4.69) is 35.1 Å². The summed E-state index contributed by atoms with van der Waals surface area (Å²) in [7, 11) is 0. The van der Waals surface area contributed by atoms with Gasteiger partial charge in [-0.3, -0.25) is 0 Å². The van der Waals surface area contributed by atoms with Crippen LogP contribution in [0.25, 0.3) is 0 Å². The van der Waals surface area contributed by atoms with Crippen LogP contribution in [0.15, 0.2) is 22.7 Å². The molecule has 4 heteroatoms. The number of nitrogens with two attached hydrogens (primary N) is 1. The minimum absolute atomic E-state index is 0.242. The molecule has 0 radical (unpaired) electrons. The van der Waals surface area contributed by atoms with E-state index in [1.807, 2.05) is 6.07 Å². The fourth-order valence-corrected chi connectivity index (χ4v) is 1.97. The Bertz CT molecular complexity index is 322. The van der Waals surface area contributed by atoms with Crippen molar-refractivity contribution in [2.45, 2.75) is 13.8 Å². The highest BCUT2D eigenvalue weighted by Gasteiger charge is 2.13. The van der Waals surface area contributed by atoms with Crippen LogP contribution in [0.2, 0.25) is 0 Å². The van der Waals surface area contributed by atoms with Crippen molar-refractivity contribution in [2.75, 3.05) is 18.4 Å². The molecule has 0 aliphatic carbocycles. The lowest BCUT2D eigenvalue weighted by Gasteiger charge is -2.20. The SMILES string of the molecule is CC(C)C(CN)CNc1c(F)cccc1Br. The maximum absolute atomic E-state index is 13.5. The number of halogens is 2. The molecule has 0 spiro atoms. The van der Waals surface area contributed by atoms with Gasteiger partial charge >= 0.3 is 0 Å². The molecule has 0 aromatic heterocycles. The predicted molar refractivity (Wildman–Crippen MR) is 70.0 cm³/mol. The quantitative estimate of drug-likeness (QED) is 0.873. The van der Waals surface area contributed by atoms with E-state index in [0.717, 1.165) is 4.47 Å². The first-order chi connectivity index (χ1) is 7.56. The summed E-state index contributed by atoms with van der Waals surface area (Å²) in [5.41, 5.74) is 6.18. The number of para-hydroxylation sites is 1. The van der Waals surface area contributed by atoms with E-state index in [-0.39, 0.29) is 5.82 Å². The average molecular weight is 289 g/mol. The average Bonchev–Trinajstić information content (AvgIpc) is 2.22.